The largest absolute Gasteiger partial charge is 0.357 e. The van der Waals surface area contributed by atoms with Crippen molar-refractivity contribution in [3.05, 3.63) is 30.1 Å². The van der Waals surface area contributed by atoms with Gasteiger partial charge in [-0.2, -0.15) is 0 Å². The Morgan fingerprint density at radius 1 is 1.25 bits per heavy atom. The van der Waals surface area contributed by atoms with Gasteiger partial charge < -0.3 is 15.2 Å². The second-order valence-corrected chi connectivity index (χ2v) is 6.87. The van der Waals surface area contributed by atoms with Gasteiger partial charge in [-0.1, -0.05) is 19.1 Å². The van der Waals surface area contributed by atoms with Crippen molar-refractivity contribution in [1.82, 2.24) is 20.2 Å². The van der Waals surface area contributed by atoms with E-state index in [1.54, 1.807) is 0 Å². The van der Waals surface area contributed by atoms with Crippen LogP contribution in [0.3, 0.4) is 0 Å². The van der Waals surface area contributed by atoms with Gasteiger partial charge in [0.1, 0.15) is 12.4 Å². The summed E-state index contributed by atoms with van der Waals surface area (Å²) in [6, 6.07) is 8.77. The highest BCUT2D eigenvalue weighted by atomic mass is 15.2. The third kappa shape index (κ3) is 3.89. The zero-order valence-corrected chi connectivity index (χ0v) is 15.0. The molecule has 1 aromatic heterocycles. The van der Waals surface area contributed by atoms with Gasteiger partial charge in [0.05, 0.1) is 11.0 Å². The first-order valence-electron chi connectivity index (χ1n) is 9.12. The minimum Gasteiger partial charge on any atom is -0.357 e. The molecule has 0 radical (unpaired) electrons. The van der Waals surface area contributed by atoms with Gasteiger partial charge in [-0.3, -0.25) is 0 Å². The van der Waals surface area contributed by atoms with Crippen molar-refractivity contribution in [2.75, 3.05) is 6.54 Å². The van der Waals surface area contributed by atoms with Crippen LogP contribution in [0.2, 0.25) is 0 Å². The topological polar surface area (TPSA) is 54.2 Å². The molecule has 1 saturated carbocycles. The first-order valence-corrected chi connectivity index (χ1v) is 9.12. The highest BCUT2D eigenvalue weighted by Gasteiger charge is 2.19. The molecule has 2 N–H and O–H groups in total. The molecule has 130 valence electrons. The average Bonchev–Trinajstić information content (AvgIpc) is 2.91. The highest BCUT2D eigenvalue weighted by Crippen LogP contribution is 2.23. The summed E-state index contributed by atoms with van der Waals surface area (Å²) in [6.45, 7) is 5.91. The van der Waals surface area contributed by atoms with Gasteiger partial charge in [0.2, 0.25) is 0 Å². The van der Waals surface area contributed by atoms with Gasteiger partial charge in [0.25, 0.3) is 0 Å². The Balaban J connectivity index is 1.69. The predicted octanol–water partition coefficient (Wildman–Crippen LogP) is 3.21. The molecule has 0 bridgehead atoms. The number of aliphatic imine (C=N–C) groups is 1. The van der Waals surface area contributed by atoms with Gasteiger partial charge >= 0.3 is 0 Å². The van der Waals surface area contributed by atoms with Gasteiger partial charge in [0, 0.05) is 19.6 Å². The SMILES string of the molecule is CCNC(=NCc1nc2ccccc2n1C)NC1CCC(C)CC1. The minimum absolute atomic E-state index is 0.541. The summed E-state index contributed by atoms with van der Waals surface area (Å²) in [5.74, 6) is 2.76. The van der Waals surface area contributed by atoms with Crippen LogP contribution in [-0.2, 0) is 13.6 Å². The molecule has 1 aromatic carbocycles. The van der Waals surface area contributed by atoms with Crippen LogP contribution < -0.4 is 10.6 Å². The number of guanidine groups is 1. The van der Waals surface area contributed by atoms with Crippen molar-refractivity contribution in [3.8, 4) is 0 Å². The lowest BCUT2D eigenvalue weighted by Gasteiger charge is -2.28. The van der Waals surface area contributed by atoms with Crippen LogP contribution in [0.5, 0.6) is 0 Å². The van der Waals surface area contributed by atoms with Crippen LogP contribution in [0.1, 0.15) is 45.4 Å². The smallest absolute Gasteiger partial charge is 0.191 e. The van der Waals surface area contributed by atoms with Crippen molar-refractivity contribution in [1.29, 1.82) is 0 Å². The fraction of sp³-hybridized carbons (Fsp3) is 0.579. The maximum absolute atomic E-state index is 4.76. The fourth-order valence-corrected chi connectivity index (χ4v) is 3.40. The Kier molecular flexibility index (Phi) is 5.38. The highest BCUT2D eigenvalue weighted by molar-refractivity contribution is 5.80. The molecule has 1 aliphatic rings. The Morgan fingerprint density at radius 3 is 2.71 bits per heavy atom. The number of rotatable bonds is 4. The minimum atomic E-state index is 0.541. The van der Waals surface area contributed by atoms with E-state index in [0.717, 1.165) is 35.3 Å². The number of aromatic nitrogens is 2. The normalized spacial score (nSPS) is 21.9. The Morgan fingerprint density at radius 2 is 2.00 bits per heavy atom. The number of hydrogen-bond acceptors (Lipinski definition) is 2. The molecule has 0 amide bonds. The molecular formula is C19H29N5. The molecule has 2 aromatic rings. The van der Waals surface area contributed by atoms with Gasteiger partial charge in [-0.05, 0) is 50.7 Å². The quantitative estimate of drug-likeness (QED) is 0.670. The summed E-state index contributed by atoms with van der Waals surface area (Å²) in [5, 5.41) is 6.97. The van der Waals surface area contributed by atoms with Gasteiger partial charge in [0.15, 0.2) is 5.96 Å². The van der Waals surface area contributed by atoms with E-state index in [-0.39, 0.29) is 0 Å². The van der Waals surface area contributed by atoms with Gasteiger partial charge in [-0.25, -0.2) is 9.98 Å². The first kappa shape index (κ1) is 16.8. The van der Waals surface area contributed by atoms with E-state index in [1.807, 2.05) is 12.1 Å². The van der Waals surface area contributed by atoms with Gasteiger partial charge in [-0.15, -0.1) is 0 Å². The molecule has 24 heavy (non-hydrogen) atoms. The number of hydrogen-bond donors (Lipinski definition) is 2. The van der Waals surface area contributed by atoms with Crippen LogP contribution in [0.15, 0.2) is 29.3 Å². The molecule has 1 fully saturated rings. The summed E-state index contributed by atoms with van der Waals surface area (Å²) in [7, 11) is 2.06. The molecule has 3 rings (SSSR count). The van der Waals surface area contributed by atoms with Crippen LogP contribution in [0.25, 0.3) is 11.0 Å². The molecule has 5 nitrogen and oxygen atoms in total. The third-order valence-corrected chi connectivity index (χ3v) is 4.96. The molecule has 1 heterocycles. The molecule has 1 aliphatic carbocycles. The summed E-state index contributed by atoms with van der Waals surface area (Å²) < 4.78 is 2.13. The third-order valence-electron chi connectivity index (χ3n) is 4.96. The Labute approximate surface area is 144 Å². The molecule has 0 spiro atoms. The fourth-order valence-electron chi connectivity index (χ4n) is 3.40. The number of aryl methyl sites for hydroxylation is 1. The summed E-state index contributed by atoms with van der Waals surface area (Å²) in [4.78, 5) is 9.47. The molecule has 0 atom stereocenters. The van der Waals surface area contributed by atoms with E-state index < -0.39 is 0 Å². The summed E-state index contributed by atoms with van der Waals surface area (Å²) in [5.41, 5.74) is 2.19. The maximum Gasteiger partial charge on any atom is 0.191 e. The zero-order valence-electron chi connectivity index (χ0n) is 15.0. The number of para-hydroxylation sites is 2. The molecule has 5 heteroatoms. The van der Waals surface area contributed by atoms with Crippen LogP contribution in [-0.4, -0.2) is 28.1 Å². The number of nitrogens with zero attached hydrogens (tertiary/aromatic N) is 3. The molecule has 0 aliphatic heterocycles. The molecule has 0 saturated heterocycles. The number of benzene rings is 1. The van der Waals surface area contributed by atoms with Crippen molar-refractivity contribution in [2.45, 2.75) is 52.1 Å². The summed E-state index contributed by atoms with van der Waals surface area (Å²) in [6.07, 6.45) is 5.08. The molecule has 0 unspecified atom stereocenters. The second-order valence-electron chi connectivity index (χ2n) is 6.87. The van der Waals surface area contributed by atoms with E-state index in [1.165, 1.54) is 25.7 Å². The average molecular weight is 327 g/mol. The first-order chi connectivity index (χ1) is 11.7. The van der Waals surface area contributed by atoms with Crippen molar-refractivity contribution >= 4 is 17.0 Å². The lowest BCUT2D eigenvalue weighted by molar-refractivity contribution is 0.329. The standard InChI is InChI=1S/C19H29N5/c1-4-20-19(22-15-11-9-14(2)10-12-15)21-13-18-23-16-7-5-6-8-17(16)24(18)3/h5-8,14-15H,4,9-13H2,1-3H3,(H2,20,21,22). The van der Waals surface area contributed by atoms with E-state index in [2.05, 4.69) is 48.2 Å². The van der Waals surface area contributed by atoms with Crippen LogP contribution >= 0.6 is 0 Å². The number of fused-ring (bicyclic) bond motifs is 1. The van der Waals surface area contributed by atoms with E-state index in [0.29, 0.717) is 12.6 Å². The van der Waals surface area contributed by atoms with Crippen molar-refractivity contribution in [3.63, 3.8) is 0 Å². The van der Waals surface area contributed by atoms with E-state index >= 15 is 0 Å². The second kappa shape index (κ2) is 7.69. The lowest BCUT2D eigenvalue weighted by Crippen LogP contribution is -2.44. The van der Waals surface area contributed by atoms with Crippen LogP contribution in [0, 0.1) is 5.92 Å². The summed E-state index contributed by atoms with van der Waals surface area (Å²) >= 11 is 0. The molecular weight excluding hydrogens is 298 g/mol. The van der Waals surface area contributed by atoms with Crippen molar-refractivity contribution in [2.24, 2.45) is 18.0 Å². The van der Waals surface area contributed by atoms with E-state index in [4.69, 9.17) is 9.98 Å². The maximum atomic E-state index is 4.76. The monoisotopic (exact) mass is 327 g/mol. The van der Waals surface area contributed by atoms with E-state index in [9.17, 15) is 0 Å². The Hall–Kier alpha value is -2.04. The van der Waals surface area contributed by atoms with Crippen LogP contribution in [0.4, 0.5) is 0 Å². The number of nitrogens with one attached hydrogen (secondary N) is 2. The zero-order chi connectivity index (χ0) is 16.9. The van der Waals surface area contributed by atoms with Crippen molar-refractivity contribution < 1.29 is 0 Å². The predicted molar refractivity (Wildman–Crippen MR) is 100 cm³/mol. The lowest BCUT2D eigenvalue weighted by atomic mass is 9.87. The Bertz CT molecular complexity index is 695. The number of imidazole rings is 1.